The molecule has 0 aliphatic rings. The maximum Gasteiger partial charge on any atom is 0.253 e. The molecule has 7 heteroatoms. The van der Waals surface area contributed by atoms with E-state index in [2.05, 4.69) is 20.3 Å². The zero-order valence-corrected chi connectivity index (χ0v) is 15.8. The van der Waals surface area contributed by atoms with Crippen molar-refractivity contribution in [2.75, 3.05) is 6.61 Å². The minimum Gasteiger partial charge on any atom is -0.477 e. The number of nitrogens with one attached hydrogen (secondary N) is 1. The Morgan fingerprint density at radius 2 is 1.85 bits per heavy atom. The molecule has 138 valence electrons. The van der Waals surface area contributed by atoms with Gasteiger partial charge in [0.1, 0.15) is 11.3 Å². The molecule has 0 aliphatic carbocycles. The van der Waals surface area contributed by atoms with Gasteiger partial charge in [-0.25, -0.2) is 15.0 Å². The van der Waals surface area contributed by atoms with Crippen LogP contribution >= 0.6 is 11.6 Å². The van der Waals surface area contributed by atoms with Gasteiger partial charge in [0.25, 0.3) is 5.91 Å². The smallest absolute Gasteiger partial charge is 0.253 e. The number of halogens is 1. The van der Waals surface area contributed by atoms with Crippen LogP contribution in [0.15, 0.2) is 55.2 Å². The molecule has 2 heterocycles. The maximum atomic E-state index is 12.5. The molecule has 1 N–H and O–H groups in total. The summed E-state index contributed by atoms with van der Waals surface area (Å²) in [4.78, 5) is 24.6. The van der Waals surface area contributed by atoms with Gasteiger partial charge in [-0.1, -0.05) is 35.9 Å². The van der Waals surface area contributed by atoms with E-state index in [1.165, 1.54) is 12.5 Å². The third kappa shape index (κ3) is 4.60. The van der Waals surface area contributed by atoms with Crippen molar-refractivity contribution in [1.82, 2.24) is 20.3 Å². The van der Waals surface area contributed by atoms with E-state index in [0.29, 0.717) is 23.1 Å². The Hall–Kier alpha value is -2.99. The molecule has 0 radical (unpaired) electrons. The average Bonchev–Trinajstić information content (AvgIpc) is 2.70. The first kappa shape index (κ1) is 18.8. The van der Waals surface area contributed by atoms with Crippen molar-refractivity contribution in [2.45, 2.75) is 19.9 Å². The number of hydrogen-bond acceptors (Lipinski definition) is 5. The number of benzene rings is 1. The standard InChI is InChI=1S/C20H19ClN4O2/c1-3-27-20-18(21)8-16(11-24-20)19(26)25-13(2)14-4-6-15(7-5-14)17-9-22-12-23-10-17/h4-13H,3H2,1-2H3,(H,25,26)/t13-/m1/s1. The van der Waals surface area contributed by atoms with E-state index >= 15 is 0 Å². The van der Waals surface area contributed by atoms with Gasteiger partial charge in [0.2, 0.25) is 5.88 Å². The van der Waals surface area contributed by atoms with Crippen LogP contribution < -0.4 is 10.1 Å². The summed E-state index contributed by atoms with van der Waals surface area (Å²) in [6.45, 7) is 4.22. The van der Waals surface area contributed by atoms with Crippen LogP contribution in [0, 0.1) is 0 Å². The Balaban J connectivity index is 1.68. The quantitative estimate of drug-likeness (QED) is 0.695. The highest BCUT2D eigenvalue weighted by Crippen LogP contribution is 2.24. The number of carbonyl (C=O) groups excluding carboxylic acids is 1. The Labute approximate surface area is 162 Å². The highest BCUT2D eigenvalue weighted by atomic mass is 35.5. The van der Waals surface area contributed by atoms with E-state index in [9.17, 15) is 4.79 Å². The van der Waals surface area contributed by atoms with E-state index in [1.54, 1.807) is 18.5 Å². The van der Waals surface area contributed by atoms with Crippen molar-refractivity contribution in [1.29, 1.82) is 0 Å². The van der Waals surface area contributed by atoms with Crippen LogP contribution in [0.4, 0.5) is 0 Å². The maximum absolute atomic E-state index is 12.5. The summed E-state index contributed by atoms with van der Waals surface area (Å²) >= 11 is 6.10. The zero-order valence-electron chi connectivity index (χ0n) is 15.0. The fourth-order valence-electron chi connectivity index (χ4n) is 2.57. The van der Waals surface area contributed by atoms with Gasteiger partial charge in [-0.3, -0.25) is 4.79 Å². The summed E-state index contributed by atoms with van der Waals surface area (Å²) < 4.78 is 5.29. The number of ether oxygens (including phenoxy) is 1. The van der Waals surface area contributed by atoms with E-state index in [4.69, 9.17) is 16.3 Å². The predicted molar refractivity (Wildman–Crippen MR) is 104 cm³/mol. The summed E-state index contributed by atoms with van der Waals surface area (Å²) in [7, 11) is 0. The molecule has 0 aliphatic heterocycles. The summed E-state index contributed by atoms with van der Waals surface area (Å²) in [5, 5.41) is 3.26. The summed E-state index contributed by atoms with van der Waals surface area (Å²) in [6, 6.07) is 9.27. The second-order valence-corrected chi connectivity index (χ2v) is 6.30. The number of nitrogens with zero attached hydrogens (tertiary/aromatic N) is 3. The Bertz CT molecular complexity index is 917. The summed E-state index contributed by atoms with van der Waals surface area (Å²) in [5.41, 5.74) is 3.32. The number of rotatable bonds is 6. The molecule has 1 amide bonds. The molecular formula is C20H19ClN4O2. The van der Waals surface area contributed by atoms with Crippen LogP contribution in [0.3, 0.4) is 0 Å². The number of carbonyl (C=O) groups is 1. The number of amides is 1. The highest BCUT2D eigenvalue weighted by molar-refractivity contribution is 6.32. The third-order valence-electron chi connectivity index (χ3n) is 4.00. The van der Waals surface area contributed by atoms with Crippen molar-refractivity contribution < 1.29 is 9.53 Å². The minimum absolute atomic E-state index is 0.177. The van der Waals surface area contributed by atoms with Gasteiger partial charge in [-0.2, -0.15) is 0 Å². The van der Waals surface area contributed by atoms with Crippen molar-refractivity contribution >= 4 is 17.5 Å². The van der Waals surface area contributed by atoms with E-state index in [1.807, 2.05) is 38.1 Å². The lowest BCUT2D eigenvalue weighted by molar-refractivity contribution is 0.0939. The van der Waals surface area contributed by atoms with Crippen LogP contribution in [-0.4, -0.2) is 27.5 Å². The summed E-state index contributed by atoms with van der Waals surface area (Å²) in [5.74, 6) is 0.0738. The second kappa shape index (κ2) is 8.60. The first-order valence-corrected chi connectivity index (χ1v) is 8.91. The molecule has 2 aromatic heterocycles. The lowest BCUT2D eigenvalue weighted by atomic mass is 10.0. The molecule has 0 unspecified atom stereocenters. The number of aromatic nitrogens is 3. The fraction of sp³-hybridized carbons (Fsp3) is 0.200. The first-order valence-electron chi connectivity index (χ1n) is 8.53. The van der Waals surface area contributed by atoms with Crippen LogP contribution in [0.5, 0.6) is 5.88 Å². The molecule has 1 aromatic carbocycles. The fourth-order valence-corrected chi connectivity index (χ4v) is 2.79. The lowest BCUT2D eigenvalue weighted by Crippen LogP contribution is -2.26. The molecule has 1 atom stereocenters. The van der Waals surface area contributed by atoms with Crippen LogP contribution in [0.1, 0.15) is 35.8 Å². The Kier molecular flexibility index (Phi) is 5.98. The Morgan fingerprint density at radius 3 is 2.48 bits per heavy atom. The largest absolute Gasteiger partial charge is 0.477 e. The monoisotopic (exact) mass is 382 g/mol. The van der Waals surface area contributed by atoms with Crippen molar-refractivity contribution in [3.05, 3.63) is 71.4 Å². The van der Waals surface area contributed by atoms with Crippen LogP contribution in [0.2, 0.25) is 5.02 Å². The first-order chi connectivity index (χ1) is 13.1. The Morgan fingerprint density at radius 1 is 1.15 bits per heavy atom. The molecule has 0 bridgehead atoms. The van der Waals surface area contributed by atoms with Crippen molar-refractivity contribution in [3.63, 3.8) is 0 Å². The molecule has 0 spiro atoms. The van der Waals surface area contributed by atoms with Gasteiger partial charge in [-0.05, 0) is 31.0 Å². The lowest BCUT2D eigenvalue weighted by Gasteiger charge is -2.15. The van der Waals surface area contributed by atoms with Gasteiger partial charge in [-0.15, -0.1) is 0 Å². The zero-order chi connectivity index (χ0) is 19.2. The molecule has 0 fully saturated rings. The molecule has 3 rings (SSSR count). The topological polar surface area (TPSA) is 77.0 Å². The van der Waals surface area contributed by atoms with E-state index < -0.39 is 0 Å². The number of pyridine rings is 1. The van der Waals surface area contributed by atoms with Crippen molar-refractivity contribution in [3.8, 4) is 17.0 Å². The van der Waals surface area contributed by atoms with E-state index in [0.717, 1.165) is 16.7 Å². The highest BCUT2D eigenvalue weighted by Gasteiger charge is 2.14. The van der Waals surface area contributed by atoms with Crippen LogP contribution in [0.25, 0.3) is 11.1 Å². The molecule has 0 saturated carbocycles. The van der Waals surface area contributed by atoms with Crippen LogP contribution in [-0.2, 0) is 0 Å². The second-order valence-electron chi connectivity index (χ2n) is 5.89. The third-order valence-corrected chi connectivity index (χ3v) is 4.27. The van der Waals surface area contributed by atoms with Gasteiger partial charge in [0.05, 0.1) is 18.2 Å². The van der Waals surface area contributed by atoms with Gasteiger partial charge >= 0.3 is 0 Å². The van der Waals surface area contributed by atoms with E-state index in [-0.39, 0.29) is 11.9 Å². The van der Waals surface area contributed by atoms with Crippen molar-refractivity contribution in [2.24, 2.45) is 0 Å². The minimum atomic E-state index is -0.250. The van der Waals surface area contributed by atoms with Gasteiger partial charge in [0.15, 0.2) is 0 Å². The molecular weight excluding hydrogens is 364 g/mol. The molecule has 27 heavy (non-hydrogen) atoms. The molecule has 0 saturated heterocycles. The number of hydrogen-bond donors (Lipinski definition) is 1. The molecule has 3 aromatic rings. The predicted octanol–water partition coefficient (Wildman–Crippen LogP) is 4.08. The summed E-state index contributed by atoms with van der Waals surface area (Å²) in [6.07, 6.45) is 6.47. The normalized spacial score (nSPS) is 11.7. The van der Waals surface area contributed by atoms with Gasteiger partial charge < -0.3 is 10.1 Å². The van der Waals surface area contributed by atoms with Gasteiger partial charge in [0, 0.05) is 24.2 Å². The molecule has 6 nitrogen and oxygen atoms in total. The SMILES string of the molecule is CCOc1ncc(C(=O)N[C@H](C)c2ccc(-c3cncnc3)cc2)cc1Cl. The average molecular weight is 383 g/mol.